The highest BCUT2D eigenvalue weighted by Crippen LogP contribution is 2.20. The number of nitrogens with zero attached hydrogens (tertiary/aromatic N) is 2. The lowest BCUT2D eigenvalue weighted by Gasteiger charge is -2.36. The number of hydrogen-bond donors (Lipinski definition) is 0. The van der Waals surface area contributed by atoms with Gasteiger partial charge in [-0.25, -0.2) is 0 Å². The van der Waals surface area contributed by atoms with Crippen molar-refractivity contribution in [2.75, 3.05) is 37.7 Å². The Morgan fingerprint density at radius 3 is 2.08 bits per heavy atom. The quantitative estimate of drug-likeness (QED) is 0.857. The predicted octanol–water partition coefficient (Wildman–Crippen LogP) is 3.34. The summed E-state index contributed by atoms with van der Waals surface area (Å²) in [6.07, 6.45) is 0. The van der Waals surface area contributed by atoms with E-state index in [1.54, 1.807) is 0 Å². The van der Waals surface area contributed by atoms with Gasteiger partial charge in [0.15, 0.2) is 6.61 Å². The predicted molar refractivity (Wildman–Crippen MR) is 101 cm³/mol. The number of ether oxygens (including phenoxy) is 1. The Kier molecular flexibility index (Phi) is 5.27. The minimum Gasteiger partial charge on any atom is -0.484 e. The van der Waals surface area contributed by atoms with Crippen molar-refractivity contribution in [2.45, 2.75) is 20.8 Å². The molecule has 1 aliphatic rings. The van der Waals surface area contributed by atoms with Crippen LogP contribution in [0.15, 0.2) is 42.5 Å². The van der Waals surface area contributed by atoms with Gasteiger partial charge >= 0.3 is 0 Å². The number of piperazine rings is 1. The van der Waals surface area contributed by atoms with Crippen molar-refractivity contribution in [3.63, 3.8) is 0 Å². The third kappa shape index (κ3) is 4.53. The van der Waals surface area contributed by atoms with Crippen LogP contribution < -0.4 is 9.64 Å². The van der Waals surface area contributed by atoms with Gasteiger partial charge in [0.25, 0.3) is 5.91 Å². The van der Waals surface area contributed by atoms with Gasteiger partial charge in [-0.15, -0.1) is 0 Å². The zero-order chi connectivity index (χ0) is 17.8. The topological polar surface area (TPSA) is 32.8 Å². The third-order valence-corrected chi connectivity index (χ3v) is 4.59. The summed E-state index contributed by atoms with van der Waals surface area (Å²) in [5, 5.41) is 0. The third-order valence-electron chi connectivity index (χ3n) is 4.59. The van der Waals surface area contributed by atoms with E-state index in [-0.39, 0.29) is 12.5 Å². The largest absolute Gasteiger partial charge is 0.484 e. The van der Waals surface area contributed by atoms with E-state index in [0.29, 0.717) is 0 Å². The first-order chi connectivity index (χ1) is 12.0. The van der Waals surface area contributed by atoms with Gasteiger partial charge in [-0.2, -0.15) is 0 Å². The first-order valence-electron chi connectivity index (χ1n) is 8.82. The molecule has 1 aliphatic heterocycles. The lowest BCUT2D eigenvalue weighted by molar-refractivity contribution is -0.133. The van der Waals surface area contributed by atoms with Gasteiger partial charge in [0.1, 0.15) is 5.75 Å². The van der Waals surface area contributed by atoms with E-state index in [0.717, 1.165) is 31.9 Å². The molecule has 2 aromatic rings. The summed E-state index contributed by atoms with van der Waals surface area (Å²) in [5.74, 6) is 0.800. The van der Waals surface area contributed by atoms with Crippen molar-refractivity contribution in [1.29, 1.82) is 0 Å². The van der Waals surface area contributed by atoms with Crippen LogP contribution in [0.5, 0.6) is 5.75 Å². The maximum Gasteiger partial charge on any atom is 0.260 e. The van der Waals surface area contributed by atoms with Crippen molar-refractivity contribution in [3.05, 3.63) is 59.2 Å². The molecule has 1 amide bonds. The Hall–Kier alpha value is -2.49. The van der Waals surface area contributed by atoms with E-state index in [4.69, 9.17) is 4.74 Å². The van der Waals surface area contributed by atoms with E-state index in [9.17, 15) is 4.79 Å². The fraction of sp³-hybridized carbons (Fsp3) is 0.381. The second-order valence-electron chi connectivity index (χ2n) is 6.82. The molecule has 132 valence electrons. The Balaban J connectivity index is 1.51. The Labute approximate surface area is 150 Å². The molecule has 0 aromatic heterocycles. The van der Waals surface area contributed by atoms with Gasteiger partial charge in [-0.05, 0) is 56.2 Å². The van der Waals surface area contributed by atoms with Crippen LogP contribution in [-0.2, 0) is 4.79 Å². The smallest absolute Gasteiger partial charge is 0.260 e. The second-order valence-corrected chi connectivity index (χ2v) is 6.82. The molecule has 4 heteroatoms. The monoisotopic (exact) mass is 338 g/mol. The van der Waals surface area contributed by atoms with E-state index in [2.05, 4.69) is 36.9 Å². The molecule has 1 saturated heterocycles. The molecule has 2 aromatic carbocycles. The minimum atomic E-state index is 0.0562. The Morgan fingerprint density at radius 1 is 0.880 bits per heavy atom. The Morgan fingerprint density at radius 2 is 1.48 bits per heavy atom. The molecule has 0 aliphatic carbocycles. The lowest BCUT2D eigenvalue weighted by Crippen LogP contribution is -2.50. The van der Waals surface area contributed by atoms with Crippen LogP contribution >= 0.6 is 0 Å². The van der Waals surface area contributed by atoms with Crippen molar-refractivity contribution in [2.24, 2.45) is 0 Å². The van der Waals surface area contributed by atoms with Gasteiger partial charge in [-0.1, -0.05) is 23.8 Å². The molecular weight excluding hydrogens is 312 g/mol. The first-order valence-corrected chi connectivity index (χ1v) is 8.82. The number of aryl methyl sites for hydroxylation is 3. The van der Waals surface area contributed by atoms with E-state index < -0.39 is 0 Å². The van der Waals surface area contributed by atoms with Crippen LogP contribution in [0.4, 0.5) is 5.69 Å². The van der Waals surface area contributed by atoms with Gasteiger partial charge in [0.05, 0.1) is 0 Å². The van der Waals surface area contributed by atoms with Crippen molar-refractivity contribution >= 4 is 11.6 Å². The van der Waals surface area contributed by atoms with Gasteiger partial charge in [0.2, 0.25) is 0 Å². The molecule has 0 N–H and O–H groups in total. The molecule has 0 spiro atoms. The van der Waals surface area contributed by atoms with E-state index in [1.165, 1.54) is 22.4 Å². The molecule has 3 rings (SSSR count). The van der Waals surface area contributed by atoms with Crippen LogP contribution in [0.2, 0.25) is 0 Å². The van der Waals surface area contributed by atoms with Crippen LogP contribution in [0, 0.1) is 20.8 Å². The SMILES string of the molecule is Cc1ccc(OCC(=O)N2CCN(c3cc(C)cc(C)c3)CC2)cc1. The number of hydrogen-bond acceptors (Lipinski definition) is 3. The van der Waals surface area contributed by atoms with Gasteiger partial charge < -0.3 is 14.5 Å². The number of anilines is 1. The van der Waals surface area contributed by atoms with Crippen LogP contribution in [0.3, 0.4) is 0 Å². The molecular formula is C21H26N2O2. The molecule has 0 unspecified atom stereocenters. The maximum atomic E-state index is 12.4. The highest BCUT2D eigenvalue weighted by molar-refractivity contribution is 5.78. The fourth-order valence-electron chi connectivity index (χ4n) is 3.22. The average molecular weight is 338 g/mol. The fourth-order valence-corrected chi connectivity index (χ4v) is 3.22. The molecule has 25 heavy (non-hydrogen) atoms. The summed E-state index contributed by atoms with van der Waals surface area (Å²) >= 11 is 0. The zero-order valence-corrected chi connectivity index (χ0v) is 15.3. The lowest BCUT2D eigenvalue weighted by atomic mass is 10.1. The standard InChI is InChI=1S/C21H26N2O2/c1-16-4-6-20(7-5-16)25-15-21(24)23-10-8-22(9-11-23)19-13-17(2)12-18(3)14-19/h4-7,12-14H,8-11,15H2,1-3H3. The summed E-state index contributed by atoms with van der Waals surface area (Å²) in [6.45, 7) is 9.58. The second kappa shape index (κ2) is 7.60. The number of carbonyl (C=O) groups is 1. The molecule has 1 fully saturated rings. The van der Waals surface area contributed by atoms with Crippen LogP contribution in [0.25, 0.3) is 0 Å². The van der Waals surface area contributed by atoms with Gasteiger partial charge in [0, 0.05) is 31.9 Å². The number of carbonyl (C=O) groups excluding carboxylic acids is 1. The minimum absolute atomic E-state index is 0.0562. The molecule has 0 radical (unpaired) electrons. The highest BCUT2D eigenvalue weighted by Gasteiger charge is 2.21. The number of amides is 1. The van der Waals surface area contributed by atoms with E-state index in [1.807, 2.05) is 36.1 Å². The summed E-state index contributed by atoms with van der Waals surface area (Å²) in [7, 11) is 0. The van der Waals surface area contributed by atoms with Gasteiger partial charge in [-0.3, -0.25) is 4.79 Å². The maximum absolute atomic E-state index is 12.4. The van der Waals surface area contributed by atoms with Crippen molar-refractivity contribution in [3.8, 4) is 5.75 Å². The Bertz CT molecular complexity index is 712. The molecule has 1 heterocycles. The summed E-state index contributed by atoms with van der Waals surface area (Å²) in [6, 6.07) is 14.4. The molecule has 0 bridgehead atoms. The molecule has 0 atom stereocenters. The number of benzene rings is 2. The van der Waals surface area contributed by atoms with Crippen LogP contribution in [-0.4, -0.2) is 43.6 Å². The average Bonchev–Trinajstić information content (AvgIpc) is 2.60. The summed E-state index contributed by atoms with van der Waals surface area (Å²) in [5.41, 5.74) is 4.99. The van der Waals surface area contributed by atoms with E-state index >= 15 is 0 Å². The summed E-state index contributed by atoms with van der Waals surface area (Å²) in [4.78, 5) is 16.6. The zero-order valence-electron chi connectivity index (χ0n) is 15.3. The van der Waals surface area contributed by atoms with Crippen molar-refractivity contribution in [1.82, 2.24) is 4.90 Å². The highest BCUT2D eigenvalue weighted by atomic mass is 16.5. The number of rotatable bonds is 4. The molecule has 4 nitrogen and oxygen atoms in total. The van der Waals surface area contributed by atoms with Crippen LogP contribution in [0.1, 0.15) is 16.7 Å². The normalized spacial score (nSPS) is 14.5. The van der Waals surface area contributed by atoms with Crippen molar-refractivity contribution < 1.29 is 9.53 Å². The first kappa shape index (κ1) is 17.3. The molecule has 0 saturated carbocycles. The summed E-state index contributed by atoms with van der Waals surface area (Å²) < 4.78 is 5.61.